The third-order valence-electron chi connectivity index (χ3n) is 6.07. The first-order valence-electron chi connectivity index (χ1n) is 8.74. The zero-order valence-electron chi connectivity index (χ0n) is 14.1. The Morgan fingerprint density at radius 3 is 2.83 bits per heavy atom. The molecule has 5 rings (SSSR count). The van der Waals surface area contributed by atoms with Crippen LogP contribution in [0.25, 0.3) is 0 Å². The lowest BCUT2D eigenvalue weighted by Gasteiger charge is -2.45. The number of H-pyrrole nitrogens is 1. The molecule has 2 aliphatic heterocycles. The van der Waals surface area contributed by atoms with E-state index in [4.69, 9.17) is 9.47 Å². The van der Waals surface area contributed by atoms with E-state index in [1.807, 2.05) is 7.11 Å². The molecule has 7 nitrogen and oxygen atoms in total. The highest BCUT2D eigenvalue weighted by atomic mass is 16.5. The lowest BCUT2D eigenvalue weighted by molar-refractivity contribution is -0.0432. The zero-order chi connectivity index (χ0) is 15.9. The fraction of sp³-hybridized carbons (Fsp3) is 0.938. The summed E-state index contributed by atoms with van der Waals surface area (Å²) >= 11 is 0. The van der Waals surface area contributed by atoms with Gasteiger partial charge in [0.05, 0.1) is 23.7 Å². The summed E-state index contributed by atoms with van der Waals surface area (Å²) in [5, 5.41) is 14.6. The van der Waals surface area contributed by atoms with E-state index >= 15 is 0 Å². The molecule has 0 amide bonds. The normalized spacial score (nSPS) is 34.9. The minimum atomic E-state index is -0.0245. The number of fused-ring (bicyclic) bond motifs is 1. The van der Waals surface area contributed by atoms with Crippen LogP contribution in [0, 0.1) is 5.92 Å². The molecule has 2 bridgehead atoms. The van der Waals surface area contributed by atoms with Crippen LogP contribution in [0.5, 0.6) is 0 Å². The average Bonchev–Trinajstić information content (AvgIpc) is 3.24. The summed E-state index contributed by atoms with van der Waals surface area (Å²) in [6.07, 6.45) is 7.70. The number of likely N-dealkylation sites (N-methyl/N-ethyl adjacent to an activating group) is 1. The van der Waals surface area contributed by atoms with Crippen molar-refractivity contribution in [2.45, 2.75) is 55.6 Å². The van der Waals surface area contributed by atoms with Crippen LogP contribution in [0.15, 0.2) is 0 Å². The monoisotopic (exact) mass is 321 g/mol. The van der Waals surface area contributed by atoms with E-state index in [0.29, 0.717) is 6.10 Å². The Kier molecular flexibility index (Phi) is 3.90. The molecule has 4 fully saturated rings. The summed E-state index contributed by atoms with van der Waals surface area (Å²) in [5.74, 6) is 1.54. The molecule has 1 N–H and O–H groups in total. The number of ether oxygens (including phenoxy) is 2. The highest BCUT2D eigenvalue weighted by Crippen LogP contribution is 2.58. The summed E-state index contributed by atoms with van der Waals surface area (Å²) in [6.45, 7) is 2.66. The van der Waals surface area contributed by atoms with Gasteiger partial charge in [-0.2, -0.15) is 5.21 Å². The molecule has 0 aromatic carbocycles. The van der Waals surface area contributed by atoms with Gasteiger partial charge in [0, 0.05) is 20.2 Å². The van der Waals surface area contributed by atoms with E-state index in [-0.39, 0.29) is 11.0 Å². The van der Waals surface area contributed by atoms with Crippen molar-refractivity contribution in [2.24, 2.45) is 5.92 Å². The first-order chi connectivity index (χ1) is 11.1. The maximum absolute atomic E-state index is 6.15. The van der Waals surface area contributed by atoms with E-state index in [0.717, 1.165) is 44.3 Å². The molecule has 3 heterocycles. The lowest BCUT2D eigenvalue weighted by atomic mass is 9.62. The third kappa shape index (κ3) is 2.68. The van der Waals surface area contributed by atoms with Crippen LogP contribution in [0.1, 0.15) is 44.3 Å². The largest absolute Gasteiger partial charge is 0.380 e. The van der Waals surface area contributed by atoms with E-state index in [1.54, 1.807) is 0 Å². The van der Waals surface area contributed by atoms with E-state index in [2.05, 4.69) is 32.6 Å². The molecule has 1 aromatic rings. The van der Waals surface area contributed by atoms with Crippen molar-refractivity contribution in [3.05, 3.63) is 5.82 Å². The Labute approximate surface area is 137 Å². The minimum Gasteiger partial charge on any atom is -0.380 e. The highest BCUT2D eigenvalue weighted by Gasteiger charge is 2.65. The van der Waals surface area contributed by atoms with Gasteiger partial charge >= 0.3 is 0 Å². The Morgan fingerprint density at radius 1 is 1.39 bits per heavy atom. The molecule has 7 heteroatoms. The predicted molar refractivity (Wildman–Crippen MR) is 84.0 cm³/mol. The summed E-state index contributed by atoms with van der Waals surface area (Å²) in [6, 6.07) is 0. The van der Waals surface area contributed by atoms with E-state index in [1.165, 1.54) is 25.7 Å². The first kappa shape index (κ1) is 15.5. The van der Waals surface area contributed by atoms with Crippen LogP contribution in [0.3, 0.4) is 0 Å². The van der Waals surface area contributed by atoms with Gasteiger partial charge in [0.1, 0.15) is 0 Å². The van der Waals surface area contributed by atoms with Crippen molar-refractivity contribution < 1.29 is 9.47 Å². The van der Waals surface area contributed by atoms with Crippen LogP contribution in [0.2, 0.25) is 0 Å². The first-order valence-corrected chi connectivity index (χ1v) is 8.74. The number of rotatable bonds is 7. The summed E-state index contributed by atoms with van der Waals surface area (Å²) in [7, 11) is 4.04. The highest BCUT2D eigenvalue weighted by molar-refractivity contribution is 5.25. The number of tetrazole rings is 1. The third-order valence-corrected chi connectivity index (χ3v) is 6.07. The van der Waals surface area contributed by atoms with Crippen molar-refractivity contribution in [1.82, 2.24) is 25.5 Å². The fourth-order valence-electron chi connectivity index (χ4n) is 5.05. The van der Waals surface area contributed by atoms with Gasteiger partial charge in [-0.3, -0.25) is 0 Å². The molecular weight excluding hydrogens is 294 g/mol. The zero-order valence-corrected chi connectivity index (χ0v) is 14.1. The summed E-state index contributed by atoms with van der Waals surface area (Å²) in [4.78, 5) is 2.39. The molecule has 0 radical (unpaired) electrons. The molecule has 128 valence electrons. The molecular formula is C16H27N5O2. The molecule has 2 aliphatic carbocycles. The Bertz CT molecular complexity index is 523. The van der Waals surface area contributed by atoms with Crippen LogP contribution < -0.4 is 0 Å². The molecule has 0 spiro atoms. The number of hydrogen-bond donors (Lipinski definition) is 1. The predicted octanol–water partition coefficient (Wildman–Crippen LogP) is 1.14. The van der Waals surface area contributed by atoms with Crippen LogP contribution in [-0.2, 0) is 14.9 Å². The quantitative estimate of drug-likeness (QED) is 0.811. The Balaban J connectivity index is 1.32. The van der Waals surface area contributed by atoms with Gasteiger partial charge in [-0.1, -0.05) is 18.1 Å². The van der Waals surface area contributed by atoms with Crippen LogP contribution in [0.4, 0.5) is 0 Å². The van der Waals surface area contributed by atoms with Crippen LogP contribution >= 0.6 is 0 Å². The molecule has 1 atom stereocenters. The van der Waals surface area contributed by atoms with Crippen molar-refractivity contribution in [2.75, 3.05) is 33.9 Å². The topological polar surface area (TPSA) is 76.2 Å². The van der Waals surface area contributed by atoms with Gasteiger partial charge in [0.2, 0.25) is 0 Å². The van der Waals surface area contributed by atoms with Crippen molar-refractivity contribution >= 4 is 0 Å². The molecule has 1 unspecified atom stereocenters. The van der Waals surface area contributed by atoms with Crippen molar-refractivity contribution in [1.29, 1.82) is 0 Å². The molecule has 2 saturated carbocycles. The number of hydrogen-bond acceptors (Lipinski definition) is 6. The second-order valence-corrected chi connectivity index (χ2v) is 7.86. The van der Waals surface area contributed by atoms with Gasteiger partial charge in [0.15, 0.2) is 5.82 Å². The number of aromatic nitrogens is 4. The lowest BCUT2D eigenvalue weighted by Crippen LogP contribution is -2.54. The molecule has 1 aromatic heterocycles. The standard InChI is InChI=1S/C16H27N5O2/c1-21(7-13(22-2)12-5-3-4-6-12)10-16-8-15(9-16,11-23-16)14-17-19-20-18-14/h12-13H,3-11H2,1-2H3,(H,17,18,19,20). The van der Waals surface area contributed by atoms with Crippen molar-refractivity contribution in [3.8, 4) is 0 Å². The molecule has 4 aliphatic rings. The second kappa shape index (κ2) is 5.79. The second-order valence-electron chi connectivity index (χ2n) is 7.86. The number of methoxy groups -OCH3 is 1. The Morgan fingerprint density at radius 2 is 2.17 bits per heavy atom. The summed E-state index contributed by atoms with van der Waals surface area (Å²) in [5.41, 5.74) is -0.0245. The molecule has 23 heavy (non-hydrogen) atoms. The minimum absolute atomic E-state index is 0.0000494. The van der Waals surface area contributed by atoms with Gasteiger partial charge in [-0.25, -0.2) is 0 Å². The maximum Gasteiger partial charge on any atom is 0.183 e. The fourth-order valence-corrected chi connectivity index (χ4v) is 5.05. The smallest absolute Gasteiger partial charge is 0.183 e. The van der Waals surface area contributed by atoms with Crippen LogP contribution in [-0.4, -0.2) is 71.1 Å². The SMILES string of the molecule is COC(CN(C)CC12CC(c3nn[nH]n3)(CO1)C2)C1CCCC1. The Hall–Kier alpha value is -1.05. The number of nitrogens with zero attached hydrogens (tertiary/aromatic N) is 4. The van der Waals surface area contributed by atoms with E-state index in [9.17, 15) is 0 Å². The molecule has 2 saturated heterocycles. The summed E-state index contributed by atoms with van der Waals surface area (Å²) < 4.78 is 11.9. The van der Waals surface area contributed by atoms with Gasteiger partial charge < -0.3 is 14.4 Å². The van der Waals surface area contributed by atoms with Gasteiger partial charge in [0.25, 0.3) is 0 Å². The van der Waals surface area contributed by atoms with Crippen molar-refractivity contribution in [3.63, 3.8) is 0 Å². The maximum atomic E-state index is 6.15. The average molecular weight is 321 g/mol. The number of aromatic amines is 1. The number of nitrogens with one attached hydrogen (secondary N) is 1. The van der Waals surface area contributed by atoms with E-state index < -0.39 is 0 Å². The van der Waals surface area contributed by atoms with Gasteiger partial charge in [-0.15, -0.1) is 10.2 Å². The van der Waals surface area contributed by atoms with Gasteiger partial charge in [-0.05, 0) is 38.6 Å².